The lowest BCUT2D eigenvalue weighted by Gasteiger charge is -2.32. The fraction of sp³-hybridized carbons (Fsp3) is 0.304. The van der Waals surface area contributed by atoms with Gasteiger partial charge in [-0.1, -0.05) is 0 Å². The lowest BCUT2D eigenvalue weighted by atomic mass is 10.0. The van der Waals surface area contributed by atoms with Crippen LogP contribution in [-0.2, 0) is 0 Å². The van der Waals surface area contributed by atoms with Gasteiger partial charge in [0.2, 0.25) is 0 Å². The van der Waals surface area contributed by atoms with Crippen molar-refractivity contribution in [3.8, 4) is 11.5 Å². The highest BCUT2D eigenvalue weighted by molar-refractivity contribution is 5.97. The van der Waals surface area contributed by atoms with Crippen molar-refractivity contribution in [2.75, 3.05) is 13.1 Å². The Morgan fingerprint density at radius 1 is 0.903 bits per heavy atom. The molecule has 0 radical (unpaired) electrons. The van der Waals surface area contributed by atoms with Crippen LogP contribution >= 0.6 is 0 Å². The molecule has 1 fully saturated rings. The quantitative estimate of drug-likeness (QED) is 0.600. The molecule has 0 saturated carbocycles. The number of rotatable bonds is 3. The number of nitrogens with one attached hydrogen (secondary N) is 1. The molecule has 8 nitrogen and oxygen atoms in total. The third-order valence-corrected chi connectivity index (χ3v) is 5.60. The van der Waals surface area contributed by atoms with Crippen molar-refractivity contribution in [2.45, 2.75) is 32.7 Å². The summed E-state index contributed by atoms with van der Waals surface area (Å²) in [6.45, 7) is 4.85. The number of likely N-dealkylation sites (tertiary alicyclic amines) is 1. The number of aromatic nitrogens is 2. The van der Waals surface area contributed by atoms with Gasteiger partial charge in [0, 0.05) is 36.3 Å². The van der Waals surface area contributed by atoms with Crippen LogP contribution in [0.15, 0.2) is 36.4 Å². The van der Waals surface area contributed by atoms with Crippen LogP contribution in [0, 0.1) is 13.8 Å². The highest BCUT2D eigenvalue weighted by atomic mass is 16.3. The summed E-state index contributed by atoms with van der Waals surface area (Å²) in [7, 11) is 0. The van der Waals surface area contributed by atoms with E-state index in [1.165, 1.54) is 18.2 Å². The van der Waals surface area contributed by atoms with Crippen LogP contribution in [0.25, 0.3) is 11.0 Å². The zero-order chi connectivity index (χ0) is 22.1. The van der Waals surface area contributed by atoms with Gasteiger partial charge in [0.25, 0.3) is 11.8 Å². The van der Waals surface area contributed by atoms with Crippen LogP contribution in [0.5, 0.6) is 11.5 Å². The second-order valence-corrected chi connectivity index (χ2v) is 7.88. The number of amides is 2. The van der Waals surface area contributed by atoms with Gasteiger partial charge < -0.3 is 20.4 Å². The van der Waals surface area contributed by atoms with Crippen LogP contribution in [0.4, 0.5) is 0 Å². The fourth-order valence-electron chi connectivity index (χ4n) is 3.77. The Labute approximate surface area is 179 Å². The van der Waals surface area contributed by atoms with Gasteiger partial charge in [-0.2, -0.15) is 0 Å². The zero-order valence-electron chi connectivity index (χ0n) is 17.4. The number of piperidine rings is 1. The molecule has 0 unspecified atom stereocenters. The lowest BCUT2D eigenvalue weighted by molar-refractivity contribution is 0.0698. The van der Waals surface area contributed by atoms with Gasteiger partial charge in [0.15, 0.2) is 0 Å². The highest BCUT2D eigenvalue weighted by Gasteiger charge is 2.25. The second-order valence-electron chi connectivity index (χ2n) is 7.88. The number of phenolic OH excluding ortho intramolecular Hbond substituents is 2. The fourth-order valence-corrected chi connectivity index (χ4v) is 3.77. The van der Waals surface area contributed by atoms with Gasteiger partial charge in [-0.05, 0) is 57.0 Å². The van der Waals surface area contributed by atoms with E-state index in [9.17, 15) is 19.8 Å². The molecule has 2 heterocycles. The summed E-state index contributed by atoms with van der Waals surface area (Å²) in [5.41, 5.74) is 3.94. The summed E-state index contributed by atoms with van der Waals surface area (Å²) >= 11 is 0. The van der Waals surface area contributed by atoms with Crippen molar-refractivity contribution in [2.24, 2.45) is 0 Å². The maximum atomic E-state index is 13.0. The summed E-state index contributed by atoms with van der Waals surface area (Å²) in [6.07, 6.45) is 1.24. The summed E-state index contributed by atoms with van der Waals surface area (Å²) in [5, 5.41) is 22.0. The molecular formula is C23H24N4O4. The van der Waals surface area contributed by atoms with Crippen molar-refractivity contribution in [3.05, 3.63) is 58.9 Å². The number of hydrogen-bond donors (Lipinski definition) is 3. The Kier molecular flexibility index (Phi) is 5.46. The van der Waals surface area contributed by atoms with Gasteiger partial charge >= 0.3 is 0 Å². The Morgan fingerprint density at radius 3 is 2.16 bits per heavy atom. The number of carbonyl (C=O) groups is 2. The Morgan fingerprint density at radius 2 is 1.52 bits per heavy atom. The molecule has 1 aliphatic rings. The number of hydrogen-bond acceptors (Lipinski definition) is 6. The minimum absolute atomic E-state index is 0.0652. The molecule has 2 aromatic carbocycles. The third-order valence-electron chi connectivity index (χ3n) is 5.60. The molecule has 1 saturated heterocycles. The second kappa shape index (κ2) is 8.22. The van der Waals surface area contributed by atoms with Gasteiger partial charge in [0.05, 0.1) is 22.4 Å². The molecule has 3 aromatic rings. The number of phenols is 2. The van der Waals surface area contributed by atoms with Gasteiger partial charge in [0.1, 0.15) is 11.5 Å². The molecular weight excluding hydrogens is 396 g/mol. The van der Waals surface area contributed by atoms with Crippen molar-refractivity contribution in [1.82, 2.24) is 20.2 Å². The molecule has 2 amide bonds. The van der Waals surface area contributed by atoms with Crippen molar-refractivity contribution < 1.29 is 19.8 Å². The monoisotopic (exact) mass is 420 g/mol. The number of carbonyl (C=O) groups excluding carboxylic acids is 2. The topological polar surface area (TPSA) is 116 Å². The molecule has 31 heavy (non-hydrogen) atoms. The standard InChI is InChI=1S/C23H24N4O4/c1-13-14(2)25-21-11-15(3-4-20(21)24-13)23(31)27-7-5-17(6-8-27)26-22(30)16-9-18(28)12-19(29)10-16/h3-4,9-12,17,28-29H,5-8H2,1-2H3,(H,26,30). The van der Waals surface area contributed by atoms with E-state index in [1.54, 1.807) is 17.0 Å². The Hall–Kier alpha value is -3.68. The Bertz CT molecular complexity index is 1150. The molecule has 0 atom stereocenters. The smallest absolute Gasteiger partial charge is 0.253 e. The van der Waals surface area contributed by atoms with Crippen LogP contribution in [0.3, 0.4) is 0 Å². The first kappa shape index (κ1) is 20.6. The summed E-state index contributed by atoms with van der Waals surface area (Å²) < 4.78 is 0. The minimum Gasteiger partial charge on any atom is -0.508 e. The molecule has 1 aliphatic heterocycles. The normalized spacial score (nSPS) is 14.6. The van der Waals surface area contributed by atoms with Crippen LogP contribution in [0.2, 0.25) is 0 Å². The van der Waals surface area contributed by atoms with E-state index in [2.05, 4.69) is 15.3 Å². The van der Waals surface area contributed by atoms with Crippen LogP contribution < -0.4 is 5.32 Å². The van der Waals surface area contributed by atoms with Crippen molar-refractivity contribution in [1.29, 1.82) is 0 Å². The first-order valence-corrected chi connectivity index (χ1v) is 10.2. The average molecular weight is 420 g/mol. The molecule has 3 N–H and O–H groups in total. The summed E-state index contributed by atoms with van der Waals surface area (Å²) in [4.78, 5) is 36.2. The molecule has 4 rings (SSSR count). The first-order valence-electron chi connectivity index (χ1n) is 10.2. The zero-order valence-corrected chi connectivity index (χ0v) is 17.4. The molecule has 0 aliphatic carbocycles. The molecule has 1 aromatic heterocycles. The average Bonchev–Trinajstić information content (AvgIpc) is 2.73. The van der Waals surface area contributed by atoms with E-state index < -0.39 is 0 Å². The number of aromatic hydroxyl groups is 2. The van der Waals surface area contributed by atoms with E-state index in [4.69, 9.17) is 0 Å². The third kappa shape index (κ3) is 4.42. The largest absolute Gasteiger partial charge is 0.508 e. The predicted molar refractivity (Wildman–Crippen MR) is 115 cm³/mol. The predicted octanol–water partition coefficient (Wildman–Crippen LogP) is 2.69. The van der Waals surface area contributed by atoms with Crippen LogP contribution in [-0.4, -0.2) is 56.0 Å². The lowest BCUT2D eigenvalue weighted by Crippen LogP contribution is -2.46. The molecule has 0 bridgehead atoms. The van der Waals surface area contributed by atoms with E-state index in [-0.39, 0.29) is 34.9 Å². The van der Waals surface area contributed by atoms with Gasteiger partial charge in [-0.25, -0.2) is 9.97 Å². The summed E-state index contributed by atoms with van der Waals surface area (Å²) in [6, 6.07) is 9.06. The molecule has 0 spiro atoms. The number of benzene rings is 2. The molecule has 8 heteroatoms. The number of aryl methyl sites for hydroxylation is 2. The SMILES string of the molecule is Cc1nc2ccc(C(=O)N3CCC(NC(=O)c4cc(O)cc(O)c4)CC3)cc2nc1C. The first-order chi connectivity index (χ1) is 14.8. The van der Waals surface area contributed by atoms with Crippen molar-refractivity contribution in [3.63, 3.8) is 0 Å². The van der Waals surface area contributed by atoms with E-state index in [0.717, 1.165) is 16.9 Å². The van der Waals surface area contributed by atoms with Gasteiger partial charge in [-0.15, -0.1) is 0 Å². The van der Waals surface area contributed by atoms with E-state index in [1.807, 2.05) is 19.9 Å². The van der Waals surface area contributed by atoms with Crippen molar-refractivity contribution >= 4 is 22.8 Å². The van der Waals surface area contributed by atoms with Crippen LogP contribution in [0.1, 0.15) is 44.9 Å². The van der Waals surface area contributed by atoms with E-state index in [0.29, 0.717) is 37.0 Å². The maximum absolute atomic E-state index is 13.0. The number of nitrogens with zero attached hydrogens (tertiary/aromatic N) is 3. The highest BCUT2D eigenvalue weighted by Crippen LogP contribution is 2.22. The van der Waals surface area contributed by atoms with E-state index >= 15 is 0 Å². The Balaban J connectivity index is 1.39. The number of fused-ring (bicyclic) bond motifs is 1. The summed E-state index contributed by atoms with van der Waals surface area (Å²) in [5.74, 6) is -0.772. The molecule has 160 valence electrons. The van der Waals surface area contributed by atoms with Gasteiger partial charge in [-0.3, -0.25) is 9.59 Å². The minimum atomic E-state index is -0.366. The maximum Gasteiger partial charge on any atom is 0.253 e.